The second-order valence-corrected chi connectivity index (χ2v) is 5.34. The van der Waals surface area contributed by atoms with Gasteiger partial charge in [-0.3, -0.25) is 9.59 Å². The quantitative estimate of drug-likeness (QED) is 0.629. The molecule has 0 N–H and O–H groups in total. The molecule has 118 valence electrons. The van der Waals surface area contributed by atoms with Gasteiger partial charge in [0.2, 0.25) is 5.89 Å². The lowest BCUT2D eigenvalue weighted by Crippen LogP contribution is -2.33. The van der Waals surface area contributed by atoms with Gasteiger partial charge in [-0.15, -0.1) is 0 Å². The normalized spacial score (nSPS) is 15.0. The van der Waals surface area contributed by atoms with Gasteiger partial charge in [-0.25, -0.2) is 14.6 Å². The SMILES string of the molecule is Cc1ccc(N2C(=O)C(=O)N(Cc3nc(C)no3)C2=O)c(C)c1. The summed E-state index contributed by atoms with van der Waals surface area (Å²) in [7, 11) is 0. The van der Waals surface area contributed by atoms with Crippen LogP contribution in [0.2, 0.25) is 0 Å². The van der Waals surface area contributed by atoms with E-state index in [4.69, 9.17) is 4.52 Å². The zero-order valence-electron chi connectivity index (χ0n) is 12.9. The molecule has 1 fully saturated rings. The van der Waals surface area contributed by atoms with Crippen molar-refractivity contribution in [2.45, 2.75) is 27.3 Å². The van der Waals surface area contributed by atoms with Crippen LogP contribution in [0, 0.1) is 20.8 Å². The maximum Gasteiger partial charge on any atom is 0.339 e. The number of carbonyl (C=O) groups is 3. The Morgan fingerprint density at radius 2 is 1.83 bits per heavy atom. The molecule has 0 aliphatic carbocycles. The second kappa shape index (κ2) is 5.31. The van der Waals surface area contributed by atoms with Crippen molar-refractivity contribution in [1.82, 2.24) is 15.0 Å². The summed E-state index contributed by atoms with van der Waals surface area (Å²) in [6.45, 7) is 5.07. The zero-order valence-corrected chi connectivity index (χ0v) is 12.9. The molecule has 0 spiro atoms. The van der Waals surface area contributed by atoms with Crippen molar-refractivity contribution in [3.63, 3.8) is 0 Å². The molecule has 1 aliphatic rings. The highest BCUT2D eigenvalue weighted by molar-refractivity contribution is 6.52. The second-order valence-electron chi connectivity index (χ2n) is 5.34. The number of amides is 4. The summed E-state index contributed by atoms with van der Waals surface area (Å²) in [5.41, 5.74) is 2.12. The number of hydrogen-bond acceptors (Lipinski definition) is 6. The van der Waals surface area contributed by atoms with E-state index in [0.29, 0.717) is 11.5 Å². The number of carbonyl (C=O) groups excluding carboxylic acids is 3. The van der Waals surface area contributed by atoms with E-state index < -0.39 is 17.8 Å². The van der Waals surface area contributed by atoms with Crippen LogP contribution in [0.15, 0.2) is 22.7 Å². The van der Waals surface area contributed by atoms with Gasteiger partial charge in [0.25, 0.3) is 0 Å². The Labute approximate surface area is 131 Å². The lowest BCUT2D eigenvalue weighted by molar-refractivity contribution is -0.139. The van der Waals surface area contributed by atoms with Crippen LogP contribution in [-0.4, -0.2) is 32.9 Å². The first-order valence-corrected chi connectivity index (χ1v) is 6.95. The molecule has 0 bridgehead atoms. The number of anilines is 1. The number of urea groups is 1. The number of aromatic nitrogens is 2. The fourth-order valence-electron chi connectivity index (χ4n) is 2.45. The number of aryl methyl sites for hydroxylation is 3. The van der Waals surface area contributed by atoms with Crippen LogP contribution < -0.4 is 4.90 Å². The van der Waals surface area contributed by atoms with Gasteiger partial charge in [0.1, 0.15) is 6.54 Å². The smallest absolute Gasteiger partial charge is 0.337 e. The average Bonchev–Trinajstić information content (AvgIpc) is 2.98. The first kappa shape index (κ1) is 14.9. The van der Waals surface area contributed by atoms with Crippen molar-refractivity contribution in [3.05, 3.63) is 41.0 Å². The number of imide groups is 2. The van der Waals surface area contributed by atoms with Gasteiger partial charge in [-0.05, 0) is 32.4 Å². The van der Waals surface area contributed by atoms with Gasteiger partial charge in [0, 0.05) is 0 Å². The monoisotopic (exact) mass is 314 g/mol. The Kier molecular flexibility index (Phi) is 3.44. The lowest BCUT2D eigenvalue weighted by Gasteiger charge is -2.16. The lowest BCUT2D eigenvalue weighted by atomic mass is 10.1. The Hall–Kier alpha value is -3.03. The van der Waals surface area contributed by atoms with Gasteiger partial charge >= 0.3 is 17.8 Å². The standard InChI is InChI=1S/C15H14N4O4/c1-8-4-5-11(9(2)6-8)19-14(21)13(20)18(15(19)22)7-12-16-10(3)17-23-12/h4-6H,7H2,1-3H3. The summed E-state index contributed by atoms with van der Waals surface area (Å²) in [6.07, 6.45) is 0. The third-order valence-corrected chi connectivity index (χ3v) is 3.51. The van der Waals surface area contributed by atoms with Crippen LogP contribution in [0.25, 0.3) is 0 Å². The van der Waals surface area contributed by atoms with Crippen LogP contribution in [-0.2, 0) is 16.1 Å². The largest absolute Gasteiger partial charge is 0.339 e. The molecule has 0 radical (unpaired) electrons. The van der Waals surface area contributed by atoms with E-state index in [1.165, 1.54) is 0 Å². The maximum absolute atomic E-state index is 12.5. The van der Waals surface area contributed by atoms with Crippen LogP contribution >= 0.6 is 0 Å². The molecule has 1 aromatic carbocycles. The zero-order chi connectivity index (χ0) is 16.7. The molecular formula is C15H14N4O4. The van der Waals surface area contributed by atoms with Gasteiger partial charge in [-0.2, -0.15) is 4.98 Å². The third-order valence-electron chi connectivity index (χ3n) is 3.51. The highest BCUT2D eigenvalue weighted by atomic mass is 16.5. The van der Waals surface area contributed by atoms with Gasteiger partial charge in [0.05, 0.1) is 5.69 Å². The summed E-state index contributed by atoms with van der Waals surface area (Å²) in [5.74, 6) is -1.32. The maximum atomic E-state index is 12.5. The first-order valence-electron chi connectivity index (χ1n) is 6.95. The van der Waals surface area contributed by atoms with E-state index in [1.807, 2.05) is 13.0 Å². The highest BCUT2D eigenvalue weighted by Gasteiger charge is 2.46. The minimum Gasteiger partial charge on any atom is -0.337 e. The van der Waals surface area contributed by atoms with E-state index in [-0.39, 0.29) is 12.4 Å². The fourth-order valence-corrected chi connectivity index (χ4v) is 2.45. The molecule has 1 aromatic heterocycles. The Balaban J connectivity index is 1.93. The van der Waals surface area contributed by atoms with Crippen molar-refractivity contribution in [2.75, 3.05) is 4.90 Å². The molecule has 2 heterocycles. The van der Waals surface area contributed by atoms with Crippen molar-refractivity contribution >= 4 is 23.5 Å². The van der Waals surface area contributed by atoms with Crippen LogP contribution in [0.5, 0.6) is 0 Å². The molecule has 1 saturated heterocycles. The highest BCUT2D eigenvalue weighted by Crippen LogP contribution is 2.27. The summed E-state index contributed by atoms with van der Waals surface area (Å²) in [4.78, 5) is 42.4. The van der Waals surface area contributed by atoms with E-state index in [9.17, 15) is 14.4 Å². The molecule has 0 saturated carbocycles. The molecule has 23 heavy (non-hydrogen) atoms. The average molecular weight is 314 g/mol. The van der Waals surface area contributed by atoms with Crippen molar-refractivity contribution in [2.24, 2.45) is 0 Å². The predicted octanol–water partition coefficient (Wildman–Crippen LogP) is 1.49. The number of nitrogens with zero attached hydrogens (tertiary/aromatic N) is 4. The minimum absolute atomic E-state index is 0.0967. The van der Waals surface area contributed by atoms with E-state index in [0.717, 1.165) is 20.9 Å². The molecule has 0 atom stereocenters. The number of benzene rings is 1. The Morgan fingerprint density at radius 1 is 1.09 bits per heavy atom. The summed E-state index contributed by atoms with van der Waals surface area (Å²) in [6, 6.07) is 4.54. The molecule has 1 aliphatic heterocycles. The van der Waals surface area contributed by atoms with Crippen LogP contribution in [0.3, 0.4) is 0 Å². The Morgan fingerprint density at radius 3 is 2.43 bits per heavy atom. The third kappa shape index (κ3) is 2.48. The van der Waals surface area contributed by atoms with Crippen molar-refractivity contribution < 1.29 is 18.9 Å². The minimum atomic E-state index is -0.911. The molecular weight excluding hydrogens is 300 g/mol. The Bertz CT molecular complexity index is 827. The summed E-state index contributed by atoms with van der Waals surface area (Å²) in [5, 5.41) is 3.59. The van der Waals surface area contributed by atoms with Crippen LogP contribution in [0.4, 0.5) is 10.5 Å². The summed E-state index contributed by atoms with van der Waals surface area (Å²) >= 11 is 0. The molecule has 8 heteroatoms. The van der Waals surface area contributed by atoms with E-state index in [1.54, 1.807) is 26.0 Å². The molecule has 3 rings (SSSR count). The van der Waals surface area contributed by atoms with Gasteiger partial charge in [-0.1, -0.05) is 22.9 Å². The number of rotatable bonds is 3. The van der Waals surface area contributed by atoms with Crippen molar-refractivity contribution in [1.29, 1.82) is 0 Å². The topological polar surface area (TPSA) is 96.6 Å². The summed E-state index contributed by atoms with van der Waals surface area (Å²) < 4.78 is 4.90. The van der Waals surface area contributed by atoms with Gasteiger partial charge < -0.3 is 4.52 Å². The van der Waals surface area contributed by atoms with Crippen molar-refractivity contribution in [3.8, 4) is 0 Å². The number of hydrogen-bond donors (Lipinski definition) is 0. The molecule has 4 amide bonds. The predicted molar refractivity (Wildman–Crippen MR) is 78.4 cm³/mol. The fraction of sp³-hybridized carbons (Fsp3) is 0.267. The molecule has 8 nitrogen and oxygen atoms in total. The first-order chi connectivity index (χ1) is 10.9. The van der Waals surface area contributed by atoms with Gasteiger partial charge in [0.15, 0.2) is 5.82 Å². The van der Waals surface area contributed by atoms with E-state index in [2.05, 4.69) is 10.1 Å². The van der Waals surface area contributed by atoms with E-state index >= 15 is 0 Å². The molecule has 0 unspecified atom stereocenters. The molecule has 2 aromatic rings. The van der Waals surface area contributed by atoms with Crippen LogP contribution in [0.1, 0.15) is 22.8 Å².